The summed E-state index contributed by atoms with van der Waals surface area (Å²) >= 11 is 0. The van der Waals surface area contributed by atoms with E-state index in [4.69, 9.17) is 9.72 Å². The third-order valence-electron chi connectivity index (χ3n) is 6.14. The minimum absolute atomic E-state index is 0.162. The smallest absolute Gasteiger partial charge is 0.497 e. The lowest BCUT2D eigenvalue weighted by Crippen LogP contribution is -2.35. The first-order chi connectivity index (χ1) is 15.3. The maximum Gasteiger partial charge on any atom is 0.573 e. The summed E-state index contributed by atoms with van der Waals surface area (Å²) in [5.41, 5.74) is 2.75. The summed E-state index contributed by atoms with van der Waals surface area (Å²) in [5, 5.41) is 3.32. The number of fused-ring (bicyclic) bond motifs is 1. The number of nitrogens with zero attached hydrogens (tertiary/aromatic N) is 2. The van der Waals surface area contributed by atoms with E-state index < -0.39 is 6.36 Å². The second kappa shape index (κ2) is 8.15. The van der Waals surface area contributed by atoms with Crippen LogP contribution in [0.4, 0.5) is 24.8 Å². The zero-order chi connectivity index (χ0) is 24.0. The van der Waals surface area contributed by atoms with Gasteiger partial charge in [0.1, 0.15) is 11.5 Å². The molecule has 0 radical (unpaired) electrons. The minimum Gasteiger partial charge on any atom is -0.497 e. The second-order valence-electron chi connectivity index (χ2n) is 10.4. The highest BCUT2D eigenvalue weighted by molar-refractivity contribution is 5.81. The molecule has 0 saturated heterocycles. The van der Waals surface area contributed by atoms with Crippen LogP contribution in [0.25, 0.3) is 11.0 Å². The van der Waals surface area contributed by atoms with Gasteiger partial charge >= 0.3 is 6.36 Å². The van der Waals surface area contributed by atoms with E-state index in [2.05, 4.69) is 42.3 Å². The molecule has 1 aromatic heterocycles. The Morgan fingerprint density at radius 3 is 2.15 bits per heavy atom. The largest absolute Gasteiger partial charge is 0.573 e. The third-order valence-corrected chi connectivity index (χ3v) is 6.14. The molecule has 1 saturated carbocycles. The molecular weight excluding hydrogens is 431 g/mol. The molecule has 8 heteroatoms. The first-order valence-electron chi connectivity index (χ1n) is 11.0. The molecule has 1 aliphatic carbocycles. The van der Waals surface area contributed by atoms with Gasteiger partial charge in [-0.15, -0.1) is 13.2 Å². The molecule has 178 valence electrons. The van der Waals surface area contributed by atoms with Crippen molar-refractivity contribution in [3.63, 3.8) is 0 Å². The predicted molar refractivity (Wildman–Crippen MR) is 123 cm³/mol. The summed E-state index contributed by atoms with van der Waals surface area (Å²) in [6.07, 6.45) is -1.60. The summed E-state index contributed by atoms with van der Waals surface area (Å²) < 4.78 is 49.1. The Hall–Kier alpha value is -2.90. The van der Waals surface area contributed by atoms with E-state index in [1.54, 1.807) is 19.2 Å². The number of nitrogens with one attached hydrogen (secondary N) is 1. The standard InChI is InChI=1S/C25H30F3N3O2/c1-23(2)13-17(14-24(3,4)15-23)31-21-12-19(32-5)10-11-20(21)30-22(31)29-16-6-8-18(9-7-16)33-25(26,27)28/h6-12,17H,13-15H2,1-5H3,(H,29,30). The topological polar surface area (TPSA) is 48.3 Å². The summed E-state index contributed by atoms with van der Waals surface area (Å²) in [6, 6.07) is 11.7. The average Bonchev–Trinajstić information content (AvgIpc) is 3.02. The van der Waals surface area contributed by atoms with Gasteiger partial charge in [-0.25, -0.2) is 4.98 Å². The van der Waals surface area contributed by atoms with Gasteiger partial charge < -0.3 is 19.4 Å². The van der Waals surface area contributed by atoms with Gasteiger partial charge in [0.2, 0.25) is 5.95 Å². The van der Waals surface area contributed by atoms with Crippen LogP contribution in [-0.4, -0.2) is 23.0 Å². The number of hydrogen-bond donors (Lipinski definition) is 1. The highest BCUT2D eigenvalue weighted by atomic mass is 19.4. The van der Waals surface area contributed by atoms with E-state index in [1.165, 1.54) is 12.1 Å². The van der Waals surface area contributed by atoms with Crippen molar-refractivity contribution in [2.24, 2.45) is 10.8 Å². The van der Waals surface area contributed by atoms with Crippen molar-refractivity contribution in [3.05, 3.63) is 42.5 Å². The maximum absolute atomic E-state index is 12.5. The number of benzene rings is 2. The number of alkyl halides is 3. The van der Waals surface area contributed by atoms with Crippen molar-refractivity contribution in [1.29, 1.82) is 0 Å². The minimum atomic E-state index is -4.72. The van der Waals surface area contributed by atoms with Crippen LogP contribution in [-0.2, 0) is 0 Å². The van der Waals surface area contributed by atoms with Crippen molar-refractivity contribution in [1.82, 2.24) is 9.55 Å². The van der Waals surface area contributed by atoms with Crippen LogP contribution in [0, 0.1) is 10.8 Å². The molecule has 1 heterocycles. The van der Waals surface area contributed by atoms with E-state index >= 15 is 0 Å². The lowest BCUT2D eigenvalue weighted by atomic mass is 9.63. The number of ether oxygens (including phenoxy) is 2. The normalized spacial score (nSPS) is 18.3. The molecule has 0 bridgehead atoms. The van der Waals surface area contributed by atoms with Crippen LogP contribution >= 0.6 is 0 Å². The van der Waals surface area contributed by atoms with Gasteiger partial charge in [-0.1, -0.05) is 27.7 Å². The number of rotatable bonds is 5. The van der Waals surface area contributed by atoms with Gasteiger partial charge in [-0.3, -0.25) is 0 Å². The zero-order valence-corrected chi connectivity index (χ0v) is 19.6. The molecule has 0 amide bonds. The molecule has 0 atom stereocenters. The summed E-state index contributed by atoms with van der Waals surface area (Å²) in [7, 11) is 1.64. The van der Waals surface area contributed by atoms with Gasteiger partial charge in [0.15, 0.2) is 0 Å². The Kier molecular flexibility index (Phi) is 5.75. The molecule has 4 rings (SSSR count). The van der Waals surface area contributed by atoms with E-state index in [0.29, 0.717) is 11.6 Å². The van der Waals surface area contributed by atoms with Crippen LogP contribution < -0.4 is 14.8 Å². The van der Waals surface area contributed by atoms with Gasteiger partial charge in [0.25, 0.3) is 0 Å². The number of anilines is 2. The van der Waals surface area contributed by atoms with Crippen LogP contribution in [0.2, 0.25) is 0 Å². The lowest BCUT2D eigenvalue weighted by molar-refractivity contribution is -0.274. The number of hydrogen-bond acceptors (Lipinski definition) is 4. The molecule has 1 fully saturated rings. The molecule has 2 aromatic carbocycles. The van der Waals surface area contributed by atoms with Gasteiger partial charge in [-0.2, -0.15) is 0 Å². The maximum atomic E-state index is 12.5. The first kappa shape index (κ1) is 23.3. The van der Waals surface area contributed by atoms with E-state index in [0.717, 1.165) is 36.0 Å². The molecule has 0 unspecified atom stereocenters. The second-order valence-corrected chi connectivity index (χ2v) is 10.4. The van der Waals surface area contributed by atoms with Crippen LogP contribution in [0.5, 0.6) is 11.5 Å². The Morgan fingerprint density at radius 1 is 0.970 bits per heavy atom. The van der Waals surface area contributed by atoms with Crippen LogP contribution in [0.3, 0.4) is 0 Å². The summed E-state index contributed by atoms with van der Waals surface area (Å²) in [6.45, 7) is 9.19. The Morgan fingerprint density at radius 2 is 1.58 bits per heavy atom. The fourth-order valence-electron chi connectivity index (χ4n) is 5.50. The predicted octanol–water partition coefficient (Wildman–Crippen LogP) is 7.46. The third kappa shape index (κ3) is 5.37. The molecular formula is C25H30F3N3O2. The van der Waals surface area contributed by atoms with Crippen molar-refractivity contribution in [3.8, 4) is 11.5 Å². The zero-order valence-electron chi connectivity index (χ0n) is 19.6. The highest BCUT2D eigenvalue weighted by Crippen LogP contribution is 2.51. The van der Waals surface area contributed by atoms with Crippen molar-refractivity contribution in [2.75, 3.05) is 12.4 Å². The van der Waals surface area contributed by atoms with Crippen LogP contribution in [0.1, 0.15) is 53.0 Å². The number of halogens is 3. The fourth-order valence-corrected chi connectivity index (χ4v) is 5.50. The van der Waals surface area contributed by atoms with Gasteiger partial charge in [0.05, 0.1) is 18.1 Å². The van der Waals surface area contributed by atoms with Crippen molar-refractivity contribution < 1.29 is 22.6 Å². The van der Waals surface area contributed by atoms with E-state index in [1.807, 2.05) is 18.2 Å². The quantitative estimate of drug-likeness (QED) is 0.428. The lowest BCUT2D eigenvalue weighted by Gasteiger charge is -2.45. The Bertz CT molecular complexity index is 1120. The molecule has 5 nitrogen and oxygen atoms in total. The summed E-state index contributed by atoms with van der Waals surface area (Å²) in [4.78, 5) is 4.82. The number of aromatic nitrogens is 2. The average molecular weight is 462 g/mol. The molecule has 33 heavy (non-hydrogen) atoms. The Labute approximate surface area is 191 Å². The molecule has 3 aromatic rings. The van der Waals surface area contributed by atoms with E-state index in [9.17, 15) is 13.2 Å². The highest BCUT2D eigenvalue weighted by Gasteiger charge is 2.40. The molecule has 1 N–H and O–H groups in total. The van der Waals surface area contributed by atoms with Crippen molar-refractivity contribution >= 4 is 22.7 Å². The van der Waals surface area contributed by atoms with Gasteiger partial charge in [0, 0.05) is 17.8 Å². The SMILES string of the molecule is COc1ccc2nc(Nc3ccc(OC(F)(F)F)cc3)n(C3CC(C)(C)CC(C)(C)C3)c2c1. The molecule has 1 aliphatic rings. The number of methoxy groups -OCH3 is 1. The Balaban J connectivity index is 1.74. The molecule has 0 spiro atoms. The van der Waals surface area contributed by atoms with E-state index in [-0.39, 0.29) is 22.6 Å². The van der Waals surface area contributed by atoms with Crippen LogP contribution in [0.15, 0.2) is 42.5 Å². The first-order valence-corrected chi connectivity index (χ1v) is 11.0. The number of imidazole rings is 1. The molecule has 0 aliphatic heterocycles. The van der Waals surface area contributed by atoms with Gasteiger partial charge in [-0.05, 0) is 66.5 Å². The van der Waals surface area contributed by atoms with Crippen molar-refractivity contribution in [2.45, 2.75) is 59.4 Å². The monoisotopic (exact) mass is 461 g/mol. The summed E-state index contributed by atoms with van der Waals surface area (Å²) in [5.74, 6) is 1.14. The fraction of sp³-hybridized carbons (Fsp3) is 0.480.